The summed E-state index contributed by atoms with van der Waals surface area (Å²) in [5.74, 6) is -0.213. The van der Waals surface area contributed by atoms with E-state index in [1.54, 1.807) is 6.21 Å². The molecule has 1 heterocycles. The van der Waals surface area contributed by atoms with Gasteiger partial charge in [0.2, 0.25) is 0 Å². The van der Waals surface area contributed by atoms with E-state index >= 15 is 0 Å². The summed E-state index contributed by atoms with van der Waals surface area (Å²) in [5, 5.41) is 5.26. The van der Waals surface area contributed by atoms with Crippen LogP contribution < -0.4 is 4.90 Å². The number of benzene rings is 1. The Hall–Kier alpha value is -2.43. The van der Waals surface area contributed by atoms with Gasteiger partial charge in [-0.05, 0) is 36.0 Å². The zero-order valence-corrected chi connectivity index (χ0v) is 13.2. The van der Waals surface area contributed by atoms with E-state index in [4.69, 9.17) is 0 Å². The highest BCUT2D eigenvalue weighted by Gasteiger charge is 2.59. The molecule has 4 rings (SSSR count). The minimum absolute atomic E-state index is 0.141. The third kappa shape index (κ3) is 2.11. The smallest absolute Gasteiger partial charge is 0.254 e. The Morgan fingerprint density at radius 3 is 2.13 bits per heavy atom. The molecule has 2 bridgehead atoms. The van der Waals surface area contributed by atoms with Gasteiger partial charge >= 0.3 is 0 Å². The molecule has 4 atom stereocenters. The Bertz CT molecular complexity index is 690. The van der Waals surface area contributed by atoms with Crippen molar-refractivity contribution in [3.8, 4) is 0 Å². The van der Waals surface area contributed by atoms with E-state index in [0.29, 0.717) is 0 Å². The minimum Gasteiger partial charge on any atom is -0.378 e. The van der Waals surface area contributed by atoms with Crippen molar-refractivity contribution >= 4 is 23.7 Å². The van der Waals surface area contributed by atoms with Gasteiger partial charge in [0.05, 0.1) is 18.1 Å². The highest BCUT2D eigenvalue weighted by Crippen LogP contribution is 2.52. The molecule has 5 heteroatoms. The molecular weight excluding hydrogens is 290 g/mol. The summed E-state index contributed by atoms with van der Waals surface area (Å²) in [4.78, 5) is 27.0. The Morgan fingerprint density at radius 1 is 1.04 bits per heavy atom. The summed E-state index contributed by atoms with van der Waals surface area (Å²) >= 11 is 0. The standard InChI is InChI=1S/C18H19N3O2/c1-20(2)14-7-3-11(4-8-14)10-19-21-17(22)15-12-5-6-13(9-12)16(15)18(21)23/h3-8,10,12-13,15-16H,9H2,1-2H3. The third-order valence-electron chi connectivity index (χ3n) is 5.18. The average Bonchev–Trinajstić information content (AvgIpc) is 3.21. The highest BCUT2D eigenvalue weighted by atomic mass is 16.2. The van der Waals surface area contributed by atoms with E-state index in [0.717, 1.165) is 22.7 Å². The van der Waals surface area contributed by atoms with Gasteiger partial charge in [-0.2, -0.15) is 10.1 Å². The van der Waals surface area contributed by atoms with E-state index in [1.807, 2.05) is 43.3 Å². The lowest BCUT2D eigenvalue weighted by molar-refractivity contribution is -0.140. The topological polar surface area (TPSA) is 53.0 Å². The van der Waals surface area contributed by atoms with Crippen LogP contribution >= 0.6 is 0 Å². The van der Waals surface area contributed by atoms with Crippen LogP contribution in [0.1, 0.15) is 12.0 Å². The Morgan fingerprint density at radius 2 is 1.61 bits per heavy atom. The van der Waals surface area contributed by atoms with Crippen molar-refractivity contribution in [3.63, 3.8) is 0 Å². The number of carbonyl (C=O) groups is 2. The van der Waals surface area contributed by atoms with Crippen molar-refractivity contribution in [2.75, 3.05) is 19.0 Å². The van der Waals surface area contributed by atoms with Crippen LogP contribution in [0.4, 0.5) is 5.69 Å². The summed E-state index contributed by atoms with van der Waals surface area (Å²) in [6.45, 7) is 0. The van der Waals surface area contributed by atoms with Crippen molar-refractivity contribution in [1.82, 2.24) is 5.01 Å². The van der Waals surface area contributed by atoms with Crippen LogP contribution in [0.5, 0.6) is 0 Å². The normalized spacial score (nSPS) is 31.5. The number of fused-ring (bicyclic) bond motifs is 5. The fraction of sp³-hybridized carbons (Fsp3) is 0.389. The van der Waals surface area contributed by atoms with Gasteiger partial charge in [-0.15, -0.1) is 0 Å². The van der Waals surface area contributed by atoms with Gasteiger partial charge in [0.1, 0.15) is 0 Å². The highest BCUT2D eigenvalue weighted by molar-refractivity contribution is 6.06. The van der Waals surface area contributed by atoms with E-state index in [9.17, 15) is 9.59 Å². The quantitative estimate of drug-likeness (QED) is 0.487. The number of allylic oxidation sites excluding steroid dienone is 2. The van der Waals surface area contributed by atoms with Crippen LogP contribution in [-0.4, -0.2) is 37.1 Å². The van der Waals surface area contributed by atoms with Crippen LogP contribution in [0.3, 0.4) is 0 Å². The average molecular weight is 309 g/mol. The molecule has 1 aromatic rings. The van der Waals surface area contributed by atoms with Gasteiger partial charge < -0.3 is 4.90 Å². The molecule has 0 aromatic heterocycles. The molecule has 5 nitrogen and oxygen atoms in total. The van der Waals surface area contributed by atoms with Crippen LogP contribution in [0, 0.1) is 23.7 Å². The Labute approximate surface area is 135 Å². The van der Waals surface area contributed by atoms with Crippen LogP contribution in [-0.2, 0) is 9.59 Å². The van der Waals surface area contributed by atoms with E-state index < -0.39 is 0 Å². The lowest BCUT2D eigenvalue weighted by atomic mass is 9.85. The lowest BCUT2D eigenvalue weighted by Gasteiger charge is -2.13. The van der Waals surface area contributed by atoms with Crippen molar-refractivity contribution in [2.24, 2.45) is 28.8 Å². The Balaban J connectivity index is 1.53. The van der Waals surface area contributed by atoms with E-state index in [-0.39, 0.29) is 35.5 Å². The number of imide groups is 1. The second kappa shape index (κ2) is 5.05. The SMILES string of the molecule is CN(C)c1ccc(C=NN2C(=O)C3C4C=CC(C4)C3C2=O)cc1. The summed E-state index contributed by atoms with van der Waals surface area (Å²) in [6.07, 6.45) is 6.70. The van der Waals surface area contributed by atoms with Gasteiger partial charge in [0.25, 0.3) is 11.8 Å². The molecule has 0 spiro atoms. The number of anilines is 1. The maximum Gasteiger partial charge on any atom is 0.254 e. The van der Waals surface area contributed by atoms with E-state index in [2.05, 4.69) is 17.3 Å². The number of nitrogens with zero attached hydrogens (tertiary/aromatic N) is 3. The van der Waals surface area contributed by atoms with Crippen molar-refractivity contribution in [2.45, 2.75) is 6.42 Å². The van der Waals surface area contributed by atoms with E-state index in [1.165, 1.54) is 0 Å². The molecule has 1 aliphatic heterocycles. The molecular formula is C18H19N3O2. The number of carbonyl (C=O) groups excluding carboxylic acids is 2. The number of hydrazone groups is 1. The predicted octanol–water partition coefficient (Wildman–Crippen LogP) is 1.89. The number of rotatable bonds is 3. The van der Waals surface area contributed by atoms with Crippen LogP contribution in [0.25, 0.3) is 0 Å². The Kier molecular flexibility index (Phi) is 3.11. The summed E-state index contributed by atoms with van der Waals surface area (Å²) in [6, 6.07) is 7.81. The molecule has 2 fully saturated rings. The third-order valence-corrected chi connectivity index (χ3v) is 5.18. The largest absolute Gasteiger partial charge is 0.378 e. The molecule has 118 valence electrons. The molecule has 4 unspecified atom stereocenters. The molecule has 1 saturated carbocycles. The first-order valence-corrected chi connectivity index (χ1v) is 7.94. The molecule has 23 heavy (non-hydrogen) atoms. The fourth-order valence-electron chi connectivity index (χ4n) is 3.98. The number of amides is 2. The van der Waals surface area contributed by atoms with Crippen molar-refractivity contribution in [1.29, 1.82) is 0 Å². The summed E-state index contributed by atoms with van der Waals surface area (Å²) in [5.41, 5.74) is 1.96. The summed E-state index contributed by atoms with van der Waals surface area (Å²) in [7, 11) is 3.96. The maximum atomic E-state index is 12.5. The molecule has 1 aromatic carbocycles. The molecule has 2 amide bonds. The number of hydrogen-bond donors (Lipinski definition) is 0. The molecule has 1 saturated heterocycles. The molecule has 3 aliphatic rings. The van der Waals surface area contributed by atoms with Gasteiger partial charge in [-0.25, -0.2) is 0 Å². The lowest BCUT2D eigenvalue weighted by Crippen LogP contribution is -2.28. The van der Waals surface area contributed by atoms with Gasteiger partial charge in [0, 0.05) is 19.8 Å². The van der Waals surface area contributed by atoms with Crippen molar-refractivity contribution in [3.05, 3.63) is 42.0 Å². The van der Waals surface area contributed by atoms with Gasteiger partial charge in [0.15, 0.2) is 0 Å². The zero-order valence-electron chi connectivity index (χ0n) is 13.2. The van der Waals surface area contributed by atoms with Crippen LogP contribution in [0.2, 0.25) is 0 Å². The molecule has 2 aliphatic carbocycles. The van der Waals surface area contributed by atoms with Crippen LogP contribution in [0.15, 0.2) is 41.5 Å². The first kappa shape index (κ1) is 14.2. The molecule has 0 N–H and O–H groups in total. The maximum absolute atomic E-state index is 12.5. The fourth-order valence-corrected chi connectivity index (χ4v) is 3.98. The first-order chi connectivity index (χ1) is 11.1. The van der Waals surface area contributed by atoms with Gasteiger partial charge in [-0.1, -0.05) is 24.3 Å². The summed E-state index contributed by atoms with van der Waals surface area (Å²) < 4.78 is 0. The minimum atomic E-state index is -0.189. The predicted molar refractivity (Wildman–Crippen MR) is 87.9 cm³/mol. The monoisotopic (exact) mass is 309 g/mol. The zero-order chi connectivity index (χ0) is 16.1. The second-order valence-corrected chi connectivity index (χ2v) is 6.72. The number of hydrogen-bond acceptors (Lipinski definition) is 4. The van der Waals surface area contributed by atoms with Gasteiger partial charge in [-0.3, -0.25) is 9.59 Å². The second-order valence-electron chi connectivity index (χ2n) is 6.72. The first-order valence-electron chi connectivity index (χ1n) is 7.94. The molecule has 0 radical (unpaired) electrons. The van der Waals surface area contributed by atoms with Crippen molar-refractivity contribution < 1.29 is 9.59 Å².